The minimum atomic E-state index is -0.709. The first-order chi connectivity index (χ1) is 9.55. The Labute approximate surface area is 118 Å². The van der Waals surface area contributed by atoms with Crippen molar-refractivity contribution >= 4 is 5.91 Å². The molecule has 1 aromatic carbocycles. The van der Waals surface area contributed by atoms with E-state index < -0.39 is 5.54 Å². The molecule has 2 rings (SSSR count). The Morgan fingerprint density at radius 1 is 1.35 bits per heavy atom. The van der Waals surface area contributed by atoms with E-state index in [2.05, 4.69) is 10.4 Å². The number of benzene rings is 1. The number of nitrogens with zero attached hydrogens (tertiary/aromatic N) is 2. The molecule has 0 aliphatic heterocycles. The number of primary amides is 1. The van der Waals surface area contributed by atoms with Crippen molar-refractivity contribution in [3.63, 3.8) is 0 Å². The highest BCUT2D eigenvalue weighted by molar-refractivity contribution is 5.84. The molecule has 1 aromatic heterocycles. The fourth-order valence-electron chi connectivity index (χ4n) is 1.98. The van der Waals surface area contributed by atoms with Crippen LogP contribution in [0.2, 0.25) is 0 Å². The Morgan fingerprint density at radius 2 is 2.05 bits per heavy atom. The number of nitrogens with two attached hydrogens (primary N) is 1. The number of carbonyl (C=O) groups is 1. The molecule has 0 aliphatic carbocycles. The van der Waals surface area contributed by atoms with Gasteiger partial charge in [-0.25, -0.2) is 0 Å². The van der Waals surface area contributed by atoms with Crippen LogP contribution in [-0.4, -0.2) is 28.3 Å². The van der Waals surface area contributed by atoms with E-state index in [1.54, 1.807) is 14.0 Å². The monoisotopic (exact) mass is 272 g/mol. The zero-order chi connectivity index (χ0) is 14.6. The lowest BCUT2D eigenvalue weighted by atomic mass is 9.97. The van der Waals surface area contributed by atoms with Gasteiger partial charge in [-0.2, -0.15) is 5.10 Å². The summed E-state index contributed by atoms with van der Waals surface area (Å²) in [5, 5.41) is 7.30. The van der Waals surface area contributed by atoms with Crippen LogP contribution in [0.15, 0.2) is 42.7 Å². The van der Waals surface area contributed by atoms with Gasteiger partial charge in [-0.15, -0.1) is 0 Å². The highest BCUT2D eigenvalue weighted by Gasteiger charge is 2.28. The Morgan fingerprint density at radius 3 is 2.65 bits per heavy atom. The van der Waals surface area contributed by atoms with Gasteiger partial charge < -0.3 is 11.1 Å². The molecule has 0 spiro atoms. The highest BCUT2D eigenvalue weighted by Crippen LogP contribution is 2.18. The van der Waals surface area contributed by atoms with Crippen molar-refractivity contribution in [3.8, 4) is 11.1 Å². The number of likely N-dealkylation sites (N-methyl/N-ethyl adjacent to an activating group) is 1. The topological polar surface area (TPSA) is 72.9 Å². The van der Waals surface area contributed by atoms with E-state index in [0.717, 1.165) is 11.1 Å². The van der Waals surface area contributed by atoms with Gasteiger partial charge in [0.25, 0.3) is 0 Å². The average Bonchev–Trinajstić information content (AvgIpc) is 2.94. The van der Waals surface area contributed by atoms with Gasteiger partial charge in [0.1, 0.15) is 0 Å². The summed E-state index contributed by atoms with van der Waals surface area (Å²) in [7, 11) is 1.74. The van der Waals surface area contributed by atoms with Gasteiger partial charge in [0, 0.05) is 18.3 Å². The molecule has 106 valence electrons. The molecule has 1 heterocycles. The number of rotatable bonds is 6. The van der Waals surface area contributed by atoms with E-state index in [4.69, 9.17) is 5.73 Å². The minimum absolute atomic E-state index is 0.351. The van der Waals surface area contributed by atoms with Crippen LogP contribution in [0.3, 0.4) is 0 Å². The number of carbonyl (C=O) groups excluding carboxylic acids is 1. The van der Waals surface area contributed by atoms with Crippen molar-refractivity contribution in [3.05, 3.63) is 42.7 Å². The van der Waals surface area contributed by atoms with E-state index >= 15 is 0 Å². The van der Waals surface area contributed by atoms with Crippen molar-refractivity contribution in [2.45, 2.75) is 25.4 Å². The van der Waals surface area contributed by atoms with Gasteiger partial charge in [-0.1, -0.05) is 30.3 Å². The fraction of sp³-hybridized carbons (Fsp3) is 0.333. The van der Waals surface area contributed by atoms with Gasteiger partial charge in [-0.3, -0.25) is 9.48 Å². The summed E-state index contributed by atoms with van der Waals surface area (Å²) in [4.78, 5) is 11.4. The maximum atomic E-state index is 11.4. The van der Waals surface area contributed by atoms with Crippen LogP contribution < -0.4 is 11.1 Å². The third-order valence-electron chi connectivity index (χ3n) is 3.68. The van der Waals surface area contributed by atoms with Crippen LogP contribution in [0.25, 0.3) is 11.1 Å². The third kappa shape index (κ3) is 3.05. The Hall–Kier alpha value is -2.14. The lowest BCUT2D eigenvalue weighted by molar-refractivity contribution is -0.124. The molecule has 5 heteroatoms. The summed E-state index contributed by atoms with van der Waals surface area (Å²) in [5.74, 6) is -0.351. The molecule has 0 saturated heterocycles. The molecule has 2 aromatic rings. The molecule has 3 N–H and O–H groups in total. The minimum Gasteiger partial charge on any atom is -0.368 e. The van der Waals surface area contributed by atoms with E-state index in [-0.39, 0.29) is 5.91 Å². The second kappa shape index (κ2) is 5.88. The summed E-state index contributed by atoms with van der Waals surface area (Å²) in [6.45, 7) is 2.43. The van der Waals surface area contributed by atoms with Crippen LogP contribution in [0.5, 0.6) is 0 Å². The number of hydrogen-bond donors (Lipinski definition) is 2. The van der Waals surface area contributed by atoms with Gasteiger partial charge in [0.2, 0.25) is 5.91 Å². The molecule has 0 aliphatic rings. The van der Waals surface area contributed by atoms with E-state index in [1.807, 2.05) is 47.4 Å². The first-order valence-corrected chi connectivity index (χ1v) is 6.62. The van der Waals surface area contributed by atoms with Crippen LogP contribution in [0.1, 0.15) is 13.3 Å². The van der Waals surface area contributed by atoms with Gasteiger partial charge >= 0.3 is 0 Å². The molecule has 1 unspecified atom stereocenters. The first-order valence-electron chi connectivity index (χ1n) is 6.62. The lowest BCUT2D eigenvalue weighted by Crippen LogP contribution is -2.52. The quantitative estimate of drug-likeness (QED) is 0.835. The first kappa shape index (κ1) is 14.3. The van der Waals surface area contributed by atoms with E-state index in [0.29, 0.717) is 13.0 Å². The second-order valence-corrected chi connectivity index (χ2v) is 5.05. The van der Waals surface area contributed by atoms with Gasteiger partial charge in [0.15, 0.2) is 0 Å². The number of aromatic nitrogens is 2. The maximum Gasteiger partial charge on any atom is 0.237 e. The van der Waals surface area contributed by atoms with Crippen LogP contribution in [0, 0.1) is 0 Å². The van der Waals surface area contributed by atoms with Crippen molar-refractivity contribution in [2.75, 3.05) is 7.05 Å². The molecule has 0 saturated carbocycles. The highest BCUT2D eigenvalue weighted by atomic mass is 16.1. The zero-order valence-electron chi connectivity index (χ0n) is 11.8. The largest absolute Gasteiger partial charge is 0.368 e. The number of aryl methyl sites for hydroxylation is 1. The summed E-state index contributed by atoms with van der Waals surface area (Å²) in [5.41, 5.74) is 6.90. The molecule has 1 atom stereocenters. The third-order valence-corrected chi connectivity index (χ3v) is 3.68. The van der Waals surface area contributed by atoms with Crippen molar-refractivity contribution in [1.29, 1.82) is 0 Å². The van der Waals surface area contributed by atoms with Crippen molar-refractivity contribution < 1.29 is 4.79 Å². The maximum absolute atomic E-state index is 11.4. The molecular formula is C15H20N4O. The number of hydrogen-bond acceptors (Lipinski definition) is 3. The second-order valence-electron chi connectivity index (χ2n) is 5.05. The predicted octanol–water partition coefficient (Wildman–Crippen LogP) is 1.40. The van der Waals surface area contributed by atoms with Gasteiger partial charge in [0.05, 0.1) is 11.7 Å². The van der Waals surface area contributed by atoms with Crippen LogP contribution in [-0.2, 0) is 11.3 Å². The van der Waals surface area contributed by atoms with Crippen molar-refractivity contribution in [1.82, 2.24) is 15.1 Å². The number of nitrogens with one attached hydrogen (secondary N) is 1. The lowest BCUT2D eigenvalue weighted by Gasteiger charge is -2.25. The number of amides is 1. The zero-order valence-corrected chi connectivity index (χ0v) is 11.8. The molecule has 1 amide bonds. The summed E-state index contributed by atoms with van der Waals surface area (Å²) in [6, 6.07) is 10.1. The summed E-state index contributed by atoms with van der Waals surface area (Å²) < 4.78 is 1.83. The van der Waals surface area contributed by atoms with E-state index in [9.17, 15) is 4.79 Å². The summed E-state index contributed by atoms with van der Waals surface area (Å²) >= 11 is 0. The van der Waals surface area contributed by atoms with Crippen molar-refractivity contribution in [2.24, 2.45) is 5.73 Å². The normalized spacial score (nSPS) is 13.9. The average molecular weight is 272 g/mol. The Kier molecular flexibility index (Phi) is 4.20. The SMILES string of the molecule is CNC(C)(CCn1cc(-c2ccccc2)cn1)C(N)=O. The fourth-order valence-corrected chi connectivity index (χ4v) is 1.98. The Bertz CT molecular complexity index is 579. The standard InChI is InChI=1S/C15H20N4O/c1-15(17-2,14(16)20)8-9-19-11-13(10-18-19)12-6-4-3-5-7-12/h3-7,10-11,17H,8-9H2,1-2H3,(H2,16,20). The molecule has 0 fully saturated rings. The van der Waals surface area contributed by atoms with Gasteiger partial charge in [-0.05, 0) is 26.0 Å². The molecule has 5 nitrogen and oxygen atoms in total. The van der Waals surface area contributed by atoms with Crippen LogP contribution >= 0.6 is 0 Å². The smallest absolute Gasteiger partial charge is 0.237 e. The predicted molar refractivity (Wildman–Crippen MR) is 78.9 cm³/mol. The van der Waals surface area contributed by atoms with E-state index in [1.165, 1.54) is 0 Å². The molecular weight excluding hydrogens is 252 g/mol. The molecule has 0 bridgehead atoms. The molecule has 20 heavy (non-hydrogen) atoms. The summed E-state index contributed by atoms with van der Waals surface area (Å²) in [6.07, 6.45) is 4.40. The molecule has 0 radical (unpaired) electrons. The Balaban J connectivity index is 2.06. The van der Waals surface area contributed by atoms with Crippen LogP contribution in [0.4, 0.5) is 0 Å².